The van der Waals surface area contributed by atoms with Crippen LogP contribution >= 0.6 is 0 Å². The molecule has 0 radical (unpaired) electrons. The van der Waals surface area contributed by atoms with Gasteiger partial charge in [-0.2, -0.15) is 0 Å². The molecular formula is C8H18FNO. The molecule has 3 heteroatoms. The fourth-order valence-electron chi connectivity index (χ4n) is 1.10. The number of hydrogen-bond donors (Lipinski definition) is 1. The van der Waals surface area contributed by atoms with Crippen LogP contribution in [-0.2, 0) is 0 Å². The van der Waals surface area contributed by atoms with Crippen molar-refractivity contribution in [3.05, 3.63) is 0 Å². The van der Waals surface area contributed by atoms with Gasteiger partial charge < -0.3 is 10.0 Å². The first-order valence-electron chi connectivity index (χ1n) is 4.26. The van der Waals surface area contributed by atoms with Gasteiger partial charge in [0.1, 0.15) is 0 Å². The van der Waals surface area contributed by atoms with Gasteiger partial charge >= 0.3 is 0 Å². The zero-order valence-electron chi connectivity index (χ0n) is 7.39. The zero-order chi connectivity index (χ0) is 8.69. The molecule has 1 fully saturated rings. The molecule has 1 rings (SSSR count). The summed E-state index contributed by atoms with van der Waals surface area (Å²) in [7, 11) is 0. The average Bonchev–Trinajstić information content (AvgIpc) is 2.00. The van der Waals surface area contributed by atoms with Crippen LogP contribution in [0.5, 0.6) is 0 Å². The Kier molecular flexibility index (Phi) is 6.46. The molecule has 2 nitrogen and oxygen atoms in total. The molecular weight excluding hydrogens is 145 g/mol. The molecule has 0 spiro atoms. The fourth-order valence-corrected chi connectivity index (χ4v) is 1.10. The minimum atomic E-state index is -0.206. The monoisotopic (exact) mass is 163 g/mol. The van der Waals surface area contributed by atoms with E-state index in [1.165, 1.54) is 0 Å². The van der Waals surface area contributed by atoms with Gasteiger partial charge in [-0.1, -0.05) is 13.8 Å². The smallest absolute Gasteiger partial charge is 0.0947 e. The summed E-state index contributed by atoms with van der Waals surface area (Å²) in [6.07, 6.45) is 0. The number of aliphatic hydroxyl groups excluding tert-OH is 1. The Morgan fingerprint density at radius 2 is 2.00 bits per heavy atom. The van der Waals surface area contributed by atoms with Crippen molar-refractivity contribution in [1.82, 2.24) is 4.90 Å². The van der Waals surface area contributed by atoms with Gasteiger partial charge in [0.25, 0.3) is 0 Å². The summed E-state index contributed by atoms with van der Waals surface area (Å²) in [5, 5.41) is 8.43. The number of aliphatic hydroxyl groups is 1. The Morgan fingerprint density at radius 1 is 1.45 bits per heavy atom. The molecule has 0 aromatic carbocycles. The van der Waals surface area contributed by atoms with E-state index in [1.807, 2.05) is 18.7 Å². The van der Waals surface area contributed by atoms with Gasteiger partial charge in [0.05, 0.1) is 13.3 Å². The van der Waals surface area contributed by atoms with E-state index in [2.05, 4.69) is 0 Å². The molecule has 0 amide bonds. The molecule has 1 N–H and O–H groups in total. The highest BCUT2D eigenvalue weighted by Gasteiger charge is 2.25. The molecule has 1 heterocycles. The second kappa shape index (κ2) is 6.55. The van der Waals surface area contributed by atoms with Crippen LogP contribution in [0.15, 0.2) is 0 Å². The van der Waals surface area contributed by atoms with Crippen LogP contribution < -0.4 is 0 Å². The normalized spacial score (nSPS) is 18.5. The molecule has 0 atom stereocenters. The van der Waals surface area contributed by atoms with Gasteiger partial charge in [-0.25, -0.2) is 0 Å². The Labute approximate surface area is 68.0 Å². The summed E-state index contributed by atoms with van der Waals surface area (Å²) in [5.41, 5.74) is 0. The molecule has 1 aliphatic heterocycles. The molecule has 1 saturated heterocycles. The average molecular weight is 163 g/mol. The van der Waals surface area contributed by atoms with Crippen molar-refractivity contribution in [3.8, 4) is 0 Å². The summed E-state index contributed by atoms with van der Waals surface area (Å²) < 4.78 is 11.8. The summed E-state index contributed by atoms with van der Waals surface area (Å²) in [6.45, 7) is 6.35. The van der Waals surface area contributed by atoms with E-state index in [0.717, 1.165) is 13.1 Å². The third-order valence-electron chi connectivity index (χ3n) is 1.67. The molecule has 0 aliphatic carbocycles. The minimum absolute atomic E-state index is 0.193. The summed E-state index contributed by atoms with van der Waals surface area (Å²) in [6, 6.07) is 0. The Balaban J connectivity index is 0.000000461. The highest BCUT2D eigenvalue weighted by molar-refractivity contribution is 4.78. The third-order valence-corrected chi connectivity index (χ3v) is 1.67. The molecule has 0 saturated carbocycles. The maximum absolute atomic E-state index is 11.8. The van der Waals surface area contributed by atoms with Crippen molar-refractivity contribution in [2.75, 3.05) is 32.9 Å². The first-order valence-corrected chi connectivity index (χ1v) is 4.26. The zero-order valence-corrected chi connectivity index (χ0v) is 7.39. The Bertz CT molecular complexity index is 84.2. The molecule has 68 valence electrons. The van der Waals surface area contributed by atoms with E-state index >= 15 is 0 Å². The third kappa shape index (κ3) is 3.68. The SMILES string of the molecule is CC.OCCN1CC(CF)C1. The molecule has 0 bridgehead atoms. The first-order chi connectivity index (χ1) is 5.36. The van der Waals surface area contributed by atoms with E-state index in [1.54, 1.807) is 0 Å². The second-order valence-corrected chi connectivity index (χ2v) is 2.50. The predicted molar refractivity (Wildman–Crippen MR) is 44.3 cm³/mol. The largest absolute Gasteiger partial charge is 0.395 e. The topological polar surface area (TPSA) is 23.5 Å². The van der Waals surface area contributed by atoms with Gasteiger partial charge in [-0.15, -0.1) is 0 Å². The summed E-state index contributed by atoms with van der Waals surface area (Å²) in [5.74, 6) is 0.247. The Hall–Kier alpha value is -0.150. The lowest BCUT2D eigenvalue weighted by atomic mass is 10.0. The van der Waals surface area contributed by atoms with Gasteiger partial charge in [0, 0.05) is 25.6 Å². The fraction of sp³-hybridized carbons (Fsp3) is 1.00. The number of rotatable bonds is 3. The molecule has 1 aliphatic rings. The summed E-state index contributed by atoms with van der Waals surface area (Å²) in [4.78, 5) is 2.05. The number of halogens is 1. The van der Waals surface area contributed by atoms with E-state index in [-0.39, 0.29) is 19.2 Å². The van der Waals surface area contributed by atoms with Crippen LogP contribution in [0.1, 0.15) is 13.8 Å². The number of likely N-dealkylation sites (tertiary alicyclic amines) is 1. The van der Waals surface area contributed by atoms with Crippen LogP contribution in [0.25, 0.3) is 0 Å². The van der Waals surface area contributed by atoms with Crippen molar-refractivity contribution in [2.45, 2.75) is 13.8 Å². The highest BCUT2D eigenvalue weighted by Crippen LogP contribution is 2.14. The van der Waals surface area contributed by atoms with Crippen LogP contribution in [0.2, 0.25) is 0 Å². The lowest BCUT2D eigenvalue weighted by Gasteiger charge is -2.37. The van der Waals surface area contributed by atoms with E-state index < -0.39 is 0 Å². The van der Waals surface area contributed by atoms with Crippen molar-refractivity contribution in [3.63, 3.8) is 0 Å². The van der Waals surface area contributed by atoms with Crippen LogP contribution in [0.3, 0.4) is 0 Å². The van der Waals surface area contributed by atoms with Crippen LogP contribution in [0, 0.1) is 5.92 Å². The predicted octanol–water partition coefficient (Wildman–Crippen LogP) is 0.906. The lowest BCUT2D eigenvalue weighted by molar-refractivity contribution is 0.0630. The highest BCUT2D eigenvalue weighted by atomic mass is 19.1. The van der Waals surface area contributed by atoms with Crippen molar-refractivity contribution < 1.29 is 9.50 Å². The Morgan fingerprint density at radius 3 is 2.36 bits per heavy atom. The maximum atomic E-state index is 11.8. The second-order valence-electron chi connectivity index (χ2n) is 2.50. The molecule has 0 aromatic rings. The number of β-amino-alcohol motifs (C(OH)–C–C–N with tert-alkyl or cyclic N) is 1. The quantitative estimate of drug-likeness (QED) is 0.668. The van der Waals surface area contributed by atoms with Gasteiger partial charge in [0.2, 0.25) is 0 Å². The van der Waals surface area contributed by atoms with Crippen LogP contribution in [0.4, 0.5) is 4.39 Å². The molecule has 11 heavy (non-hydrogen) atoms. The van der Waals surface area contributed by atoms with Gasteiger partial charge in [-0.05, 0) is 0 Å². The standard InChI is InChI=1S/C6H12FNO.C2H6/c7-3-6-4-8(5-6)1-2-9;1-2/h6,9H,1-5H2;1-2H3. The van der Waals surface area contributed by atoms with Gasteiger partial charge in [-0.3, -0.25) is 4.39 Å². The lowest BCUT2D eigenvalue weighted by Crippen LogP contribution is -2.48. The van der Waals surface area contributed by atoms with Crippen molar-refractivity contribution in [1.29, 1.82) is 0 Å². The van der Waals surface area contributed by atoms with E-state index in [9.17, 15) is 4.39 Å². The van der Waals surface area contributed by atoms with E-state index in [0.29, 0.717) is 6.54 Å². The summed E-state index contributed by atoms with van der Waals surface area (Å²) >= 11 is 0. The van der Waals surface area contributed by atoms with Crippen molar-refractivity contribution in [2.24, 2.45) is 5.92 Å². The van der Waals surface area contributed by atoms with Gasteiger partial charge in [0.15, 0.2) is 0 Å². The maximum Gasteiger partial charge on any atom is 0.0947 e. The molecule has 0 unspecified atom stereocenters. The number of hydrogen-bond acceptors (Lipinski definition) is 2. The molecule has 0 aromatic heterocycles. The number of alkyl halides is 1. The first kappa shape index (κ1) is 10.8. The minimum Gasteiger partial charge on any atom is -0.395 e. The van der Waals surface area contributed by atoms with E-state index in [4.69, 9.17) is 5.11 Å². The number of nitrogens with zero attached hydrogens (tertiary/aromatic N) is 1. The van der Waals surface area contributed by atoms with Crippen LogP contribution in [-0.4, -0.2) is 42.9 Å². The van der Waals surface area contributed by atoms with Crippen molar-refractivity contribution >= 4 is 0 Å².